The zero-order chi connectivity index (χ0) is 4.24. The van der Waals surface area contributed by atoms with Gasteiger partial charge in [-0.1, -0.05) is 6.07 Å². The molecule has 0 aromatic carbocycles. The van der Waals surface area contributed by atoms with Crippen LogP contribution in [0.5, 0.6) is 0 Å². The Morgan fingerprint density at radius 1 is 0.875 bits per heavy atom. The number of hydrogen-bond acceptors (Lipinski definition) is 1. The second-order valence-electron chi connectivity index (χ2n) is 1.02. The van der Waals surface area contributed by atoms with Crippen molar-refractivity contribution in [1.29, 1.82) is 0 Å². The van der Waals surface area contributed by atoms with E-state index in [9.17, 15) is 0 Å². The molecule has 0 aliphatic carbocycles. The second kappa shape index (κ2) is 6.96. The summed E-state index contributed by atoms with van der Waals surface area (Å²) in [4.78, 5) is 3.78. The Balaban J connectivity index is 0. The molecule has 0 saturated carbocycles. The summed E-state index contributed by atoms with van der Waals surface area (Å²) in [5.74, 6) is 0. The summed E-state index contributed by atoms with van der Waals surface area (Å²) in [6.45, 7) is 0. The predicted molar refractivity (Wildman–Crippen MR) is 31.5 cm³/mol. The summed E-state index contributed by atoms with van der Waals surface area (Å²) >= 11 is 0. The number of pyridine rings is 1. The summed E-state index contributed by atoms with van der Waals surface area (Å²) in [7, 11) is 0. The van der Waals surface area contributed by atoms with Crippen LogP contribution in [0.15, 0.2) is 30.6 Å². The van der Waals surface area contributed by atoms with Crippen molar-refractivity contribution < 1.29 is 17.1 Å². The Morgan fingerprint density at radius 2 is 1.38 bits per heavy atom. The van der Waals surface area contributed by atoms with E-state index < -0.39 is 0 Å². The van der Waals surface area contributed by atoms with Gasteiger partial charge < -0.3 is 0 Å². The van der Waals surface area contributed by atoms with E-state index in [2.05, 4.69) is 4.98 Å². The summed E-state index contributed by atoms with van der Waals surface area (Å²) < 4.78 is 0. The van der Waals surface area contributed by atoms with Gasteiger partial charge in [-0.2, -0.15) is 0 Å². The van der Waals surface area contributed by atoms with Crippen LogP contribution in [0.1, 0.15) is 0 Å². The molecule has 0 unspecified atom stereocenters. The molecule has 1 nitrogen and oxygen atoms in total. The van der Waals surface area contributed by atoms with Gasteiger partial charge in [-0.25, -0.2) is 0 Å². The minimum Gasteiger partial charge on any atom is -0.265 e. The van der Waals surface area contributed by atoms with Crippen LogP contribution in [0, 0.1) is 0 Å². The number of rotatable bonds is 0. The van der Waals surface area contributed by atoms with E-state index in [1.54, 1.807) is 12.4 Å². The topological polar surface area (TPSA) is 12.9 Å². The molecular weight excluding hydrogens is 173 g/mol. The van der Waals surface area contributed by atoms with Crippen LogP contribution in [-0.2, 0) is 17.1 Å². The number of nitrogens with zero attached hydrogens (tertiary/aromatic N) is 1. The first-order chi connectivity index (χ1) is 3.00. The normalized spacial score (nSPS) is 6.00. The van der Waals surface area contributed by atoms with Crippen molar-refractivity contribution in [3.8, 4) is 0 Å². The first kappa shape index (κ1) is 10.9. The average Bonchev–Trinajstić information content (AvgIpc) is 1.72. The first-order valence-electron chi connectivity index (χ1n) is 1.85. The van der Waals surface area contributed by atoms with E-state index in [0.717, 1.165) is 0 Å². The predicted octanol–water partition coefficient (Wildman–Crippen LogP) is 1.50. The molecule has 0 spiro atoms. The van der Waals surface area contributed by atoms with Crippen molar-refractivity contribution in [3.05, 3.63) is 30.6 Å². The van der Waals surface area contributed by atoms with E-state index in [0.29, 0.717) is 0 Å². The van der Waals surface area contributed by atoms with Crippen molar-refractivity contribution in [2.24, 2.45) is 0 Å². The Morgan fingerprint density at radius 3 is 1.50 bits per heavy atom. The maximum atomic E-state index is 3.78. The van der Waals surface area contributed by atoms with E-state index >= 15 is 0 Å². The van der Waals surface area contributed by atoms with Gasteiger partial charge in [0.05, 0.1) is 0 Å². The van der Waals surface area contributed by atoms with Gasteiger partial charge in [0, 0.05) is 29.5 Å². The molecule has 1 heterocycles. The second-order valence-corrected chi connectivity index (χ2v) is 1.02. The van der Waals surface area contributed by atoms with Crippen LogP contribution in [0.3, 0.4) is 0 Å². The van der Waals surface area contributed by atoms with E-state index in [1.807, 2.05) is 18.2 Å². The van der Waals surface area contributed by atoms with Gasteiger partial charge in [-0.15, -0.1) is 12.4 Å². The smallest absolute Gasteiger partial charge is 0.0267 e. The van der Waals surface area contributed by atoms with Gasteiger partial charge in [-0.3, -0.25) is 4.98 Å². The number of aromatic nitrogens is 1. The summed E-state index contributed by atoms with van der Waals surface area (Å²) in [5, 5.41) is 0. The largest absolute Gasteiger partial charge is 0.265 e. The van der Waals surface area contributed by atoms with E-state index in [1.165, 1.54) is 0 Å². The number of halogens is 1. The minimum absolute atomic E-state index is 0. The molecule has 0 aliphatic rings. The van der Waals surface area contributed by atoms with Gasteiger partial charge in [0.25, 0.3) is 0 Å². The summed E-state index contributed by atoms with van der Waals surface area (Å²) in [5.41, 5.74) is 0. The third-order valence-corrected chi connectivity index (χ3v) is 0.566. The van der Waals surface area contributed by atoms with Crippen LogP contribution in [-0.4, -0.2) is 4.98 Å². The molecule has 0 atom stereocenters. The van der Waals surface area contributed by atoms with Crippen molar-refractivity contribution in [2.45, 2.75) is 0 Å². The van der Waals surface area contributed by atoms with Crippen LogP contribution < -0.4 is 0 Å². The molecule has 0 aliphatic heterocycles. The van der Waals surface area contributed by atoms with E-state index in [-0.39, 0.29) is 29.5 Å². The summed E-state index contributed by atoms with van der Waals surface area (Å²) in [6, 6.07) is 5.72. The maximum Gasteiger partial charge on any atom is 0.0267 e. The van der Waals surface area contributed by atoms with Gasteiger partial charge in [0.15, 0.2) is 0 Å². The van der Waals surface area contributed by atoms with Crippen LogP contribution in [0.25, 0.3) is 0 Å². The van der Waals surface area contributed by atoms with Gasteiger partial charge in [0.1, 0.15) is 0 Å². The van der Waals surface area contributed by atoms with Gasteiger partial charge >= 0.3 is 0 Å². The van der Waals surface area contributed by atoms with Gasteiger partial charge in [0.2, 0.25) is 0 Å². The Hall–Kier alpha value is -0.0405. The SMILES string of the molecule is Cl.[Cu].c1ccncc1. The molecule has 8 heavy (non-hydrogen) atoms. The number of hydrogen-bond donors (Lipinski definition) is 0. The third-order valence-electron chi connectivity index (χ3n) is 0.566. The molecule has 0 amide bonds. The minimum atomic E-state index is 0. The quantitative estimate of drug-likeness (QED) is 0.550. The Bertz CT molecular complexity index is 84.4. The van der Waals surface area contributed by atoms with Crippen molar-refractivity contribution in [1.82, 2.24) is 4.98 Å². The monoisotopic (exact) mass is 178 g/mol. The molecule has 1 aromatic heterocycles. The fourth-order valence-corrected chi connectivity index (χ4v) is 0.313. The van der Waals surface area contributed by atoms with Crippen LogP contribution >= 0.6 is 12.4 Å². The molecule has 3 heteroatoms. The summed E-state index contributed by atoms with van der Waals surface area (Å²) in [6.07, 6.45) is 3.50. The van der Waals surface area contributed by atoms with E-state index in [4.69, 9.17) is 0 Å². The molecular formula is C5H6ClCuN. The Labute approximate surface area is 65.4 Å². The van der Waals surface area contributed by atoms with Crippen LogP contribution in [0.4, 0.5) is 0 Å². The van der Waals surface area contributed by atoms with Crippen molar-refractivity contribution in [3.63, 3.8) is 0 Å². The fourth-order valence-electron chi connectivity index (χ4n) is 0.313. The molecule has 1 rings (SSSR count). The Kier molecular flexibility index (Phi) is 9.44. The van der Waals surface area contributed by atoms with Crippen molar-refractivity contribution in [2.75, 3.05) is 0 Å². The average molecular weight is 179 g/mol. The molecule has 0 N–H and O–H groups in total. The molecule has 49 valence electrons. The molecule has 1 aromatic rings. The standard InChI is InChI=1S/C5H5N.ClH.Cu/c1-2-4-6-5-3-1;;/h1-5H;1H;. The van der Waals surface area contributed by atoms with Gasteiger partial charge in [-0.05, 0) is 12.1 Å². The first-order valence-corrected chi connectivity index (χ1v) is 1.85. The molecule has 0 fully saturated rings. The van der Waals surface area contributed by atoms with Crippen LogP contribution in [0.2, 0.25) is 0 Å². The zero-order valence-electron chi connectivity index (χ0n) is 4.04. The maximum absolute atomic E-state index is 3.78. The fraction of sp³-hybridized carbons (Fsp3) is 0. The van der Waals surface area contributed by atoms with Crippen molar-refractivity contribution >= 4 is 12.4 Å². The molecule has 0 bridgehead atoms. The third kappa shape index (κ3) is 4.13. The zero-order valence-corrected chi connectivity index (χ0v) is 5.80. The molecule has 0 saturated heterocycles. The molecule has 1 radical (unpaired) electrons.